The van der Waals surface area contributed by atoms with E-state index in [4.69, 9.17) is 19.9 Å². The highest BCUT2D eigenvalue weighted by atomic mass is 16.6. The largest absolute Gasteiger partial charge is 0.463 e. The fraction of sp³-hybridized carbons (Fsp3) is 0.588. The predicted molar refractivity (Wildman–Crippen MR) is 85.4 cm³/mol. The van der Waals surface area contributed by atoms with E-state index in [0.29, 0.717) is 39.4 Å². The normalized spacial score (nSPS) is 10.6. The molecule has 1 aromatic rings. The van der Waals surface area contributed by atoms with Gasteiger partial charge < -0.3 is 19.9 Å². The van der Waals surface area contributed by atoms with Crippen molar-refractivity contribution in [2.24, 2.45) is 5.73 Å². The summed E-state index contributed by atoms with van der Waals surface area (Å²) in [6.45, 7) is 3.07. The van der Waals surface area contributed by atoms with Gasteiger partial charge in [-0.15, -0.1) is 0 Å². The summed E-state index contributed by atoms with van der Waals surface area (Å²) in [6, 6.07) is 10.1. The highest BCUT2D eigenvalue weighted by Crippen LogP contribution is 2.04. The van der Waals surface area contributed by atoms with E-state index in [1.54, 1.807) is 0 Å². The van der Waals surface area contributed by atoms with Crippen LogP contribution in [0.2, 0.25) is 0 Å². The van der Waals surface area contributed by atoms with Crippen LogP contribution in [0.4, 0.5) is 0 Å². The maximum absolute atomic E-state index is 11.4. The van der Waals surface area contributed by atoms with Gasteiger partial charge in [0.2, 0.25) is 0 Å². The molecule has 0 atom stereocenters. The molecule has 5 heteroatoms. The number of hydrogen-bond acceptors (Lipinski definition) is 5. The van der Waals surface area contributed by atoms with Gasteiger partial charge in [-0.05, 0) is 18.4 Å². The van der Waals surface area contributed by atoms with Crippen molar-refractivity contribution in [3.05, 3.63) is 35.9 Å². The Hall–Kier alpha value is -1.43. The van der Waals surface area contributed by atoms with Gasteiger partial charge in [0.05, 0.1) is 19.8 Å². The second kappa shape index (κ2) is 13.2. The van der Waals surface area contributed by atoms with E-state index in [9.17, 15) is 4.79 Å². The molecule has 0 bridgehead atoms. The molecule has 0 unspecified atom stereocenters. The second-order valence-electron chi connectivity index (χ2n) is 4.97. The molecule has 5 nitrogen and oxygen atoms in total. The fourth-order valence-corrected chi connectivity index (χ4v) is 1.89. The van der Waals surface area contributed by atoms with Crippen molar-refractivity contribution in [1.29, 1.82) is 0 Å². The molecule has 1 rings (SSSR count). The Kier molecular flexibility index (Phi) is 11.2. The molecule has 2 N–H and O–H groups in total. The summed E-state index contributed by atoms with van der Waals surface area (Å²) < 4.78 is 15.7. The van der Waals surface area contributed by atoms with Crippen LogP contribution in [0.1, 0.15) is 31.2 Å². The number of hydrogen-bond donors (Lipinski definition) is 1. The van der Waals surface area contributed by atoms with Gasteiger partial charge in [0.15, 0.2) is 0 Å². The maximum Gasteiger partial charge on any atom is 0.305 e. The third-order valence-corrected chi connectivity index (χ3v) is 3.03. The van der Waals surface area contributed by atoms with Crippen molar-refractivity contribution >= 4 is 5.97 Å². The van der Waals surface area contributed by atoms with E-state index < -0.39 is 0 Å². The Labute approximate surface area is 132 Å². The van der Waals surface area contributed by atoms with E-state index in [1.165, 1.54) is 5.56 Å². The quantitative estimate of drug-likeness (QED) is 0.447. The number of nitrogens with two attached hydrogens (primary N) is 1. The molecular weight excluding hydrogens is 282 g/mol. The predicted octanol–water partition coefficient (Wildman–Crippen LogP) is 2.28. The highest BCUT2D eigenvalue weighted by molar-refractivity contribution is 5.69. The smallest absolute Gasteiger partial charge is 0.305 e. The molecule has 0 heterocycles. The first-order valence-corrected chi connectivity index (χ1v) is 7.88. The Morgan fingerprint density at radius 2 is 1.73 bits per heavy atom. The summed E-state index contributed by atoms with van der Waals surface area (Å²) in [5.41, 5.74) is 6.46. The van der Waals surface area contributed by atoms with Gasteiger partial charge in [-0.2, -0.15) is 0 Å². The van der Waals surface area contributed by atoms with E-state index >= 15 is 0 Å². The number of benzene rings is 1. The molecule has 22 heavy (non-hydrogen) atoms. The lowest BCUT2D eigenvalue weighted by molar-refractivity contribution is -0.145. The zero-order chi connectivity index (χ0) is 15.9. The second-order valence-corrected chi connectivity index (χ2v) is 4.97. The number of esters is 1. The van der Waals surface area contributed by atoms with Crippen molar-refractivity contribution in [2.45, 2.75) is 32.3 Å². The van der Waals surface area contributed by atoms with E-state index in [0.717, 1.165) is 25.9 Å². The highest BCUT2D eigenvalue weighted by Gasteiger charge is 2.02. The zero-order valence-corrected chi connectivity index (χ0v) is 13.2. The maximum atomic E-state index is 11.4. The SMILES string of the molecule is NCCOCCOC(=O)CCCCCOCc1ccccc1. The molecule has 124 valence electrons. The molecule has 0 aromatic heterocycles. The molecule has 0 aliphatic heterocycles. The van der Waals surface area contributed by atoms with Gasteiger partial charge >= 0.3 is 5.97 Å². The van der Waals surface area contributed by atoms with Crippen molar-refractivity contribution in [3.63, 3.8) is 0 Å². The molecule has 0 aliphatic carbocycles. The average Bonchev–Trinajstić information content (AvgIpc) is 2.55. The first kappa shape index (κ1) is 18.6. The van der Waals surface area contributed by atoms with Crippen molar-refractivity contribution < 1.29 is 19.0 Å². The van der Waals surface area contributed by atoms with Crippen molar-refractivity contribution in [1.82, 2.24) is 0 Å². The summed E-state index contributed by atoms with van der Waals surface area (Å²) >= 11 is 0. The van der Waals surface area contributed by atoms with Gasteiger partial charge in [-0.25, -0.2) is 0 Å². The summed E-state index contributed by atoms with van der Waals surface area (Å²) in [5.74, 6) is -0.165. The van der Waals surface area contributed by atoms with Crippen LogP contribution in [0.5, 0.6) is 0 Å². The molecule has 0 amide bonds. The van der Waals surface area contributed by atoms with Crippen molar-refractivity contribution in [2.75, 3.05) is 33.0 Å². The monoisotopic (exact) mass is 309 g/mol. The lowest BCUT2D eigenvalue weighted by Gasteiger charge is -2.06. The Morgan fingerprint density at radius 3 is 2.50 bits per heavy atom. The van der Waals surface area contributed by atoms with Gasteiger partial charge in [-0.3, -0.25) is 4.79 Å². The lowest BCUT2D eigenvalue weighted by atomic mass is 10.2. The number of carbonyl (C=O) groups excluding carboxylic acids is 1. The van der Waals surface area contributed by atoms with Crippen LogP contribution in [0.3, 0.4) is 0 Å². The third kappa shape index (κ3) is 10.3. The first-order valence-electron chi connectivity index (χ1n) is 7.88. The van der Waals surface area contributed by atoms with Crippen molar-refractivity contribution in [3.8, 4) is 0 Å². The minimum atomic E-state index is -0.165. The first-order chi connectivity index (χ1) is 10.8. The molecular formula is C17H27NO4. The van der Waals surface area contributed by atoms with Gasteiger partial charge in [0.25, 0.3) is 0 Å². The average molecular weight is 309 g/mol. The van der Waals surface area contributed by atoms with Crippen LogP contribution < -0.4 is 5.73 Å². The van der Waals surface area contributed by atoms with Crippen LogP contribution in [-0.4, -0.2) is 38.9 Å². The minimum Gasteiger partial charge on any atom is -0.463 e. The van der Waals surface area contributed by atoms with Crippen LogP contribution >= 0.6 is 0 Å². The standard InChI is InChI=1S/C17H27NO4/c18-10-12-20-13-14-22-17(19)9-5-2-6-11-21-15-16-7-3-1-4-8-16/h1,3-4,7-8H,2,5-6,9-15,18H2. The van der Waals surface area contributed by atoms with E-state index in [2.05, 4.69) is 0 Å². The van der Waals surface area contributed by atoms with Gasteiger partial charge in [0, 0.05) is 19.6 Å². The lowest BCUT2D eigenvalue weighted by Crippen LogP contribution is -2.14. The summed E-state index contributed by atoms with van der Waals surface area (Å²) in [7, 11) is 0. The summed E-state index contributed by atoms with van der Waals surface area (Å²) in [4.78, 5) is 11.4. The van der Waals surface area contributed by atoms with Crippen LogP contribution in [0, 0.1) is 0 Å². The molecule has 0 aliphatic rings. The molecule has 0 radical (unpaired) electrons. The van der Waals surface area contributed by atoms with Gasteiger partial charge in [0.1, 0.15) is 6.61 Å². The summed E-state index contributed by atoms with van der Waals surface area (Å²) in [6.07, 6.45) is 3.21. The minimum absolute atomic E-state index is 0.165. The van der Waals surface area contributed by atoms with Crippen LogP contribution in [0.25, 0.3) is 0 Å². The number of carbonyl (C=O) groups is 1. The third-order valence-electron chi connectivity index (χ3n) is 3.03. The Balaban J connectivity index is 1.85. The van der Waals surface area contributed by atoms with Crippen LogP contribution in [-0.2, 0) is 25.6 Å². The van der Waals surface area contributed by atoms with E-state index in [1.807, 2.05) is 30.3 Å². The Morgan fingerprint density at radius 1 is 0.909 bits per heavy atom. The molecule has 0 saturated heterocycles. The zero-order valence-electron chi connectivity index (χ0n) is 13.2. The Bertz CT molecular complexity index is 384. The fourth-order valence-electron chi connectivity index (χ4n) is 1.89. The molecule has 0 fully saturated rings. The van der Waals surface area contributed by atoms with Crippen LogP contribution in [0.15, 0.2) is 30.3 Å². The number of ether oxygens (including phenoxy) is 3. The summed E-state index contributed by atoms with van der Waals surface area (Å²) in [5, 5.41) is 0. The topological polar surface area (TPSA) is 70.8 Å². The number of unbranched alkanes of at least 4 members (excludes halogenated alkanes) is 2. The number of rotatable bonds is 13. The molecule has 0 spiro atoms. The molecule has 0 saturated carbocycles. The van der Waals surface area contributed by atoms with Gasteiger partial charge in [-0.1, -0.05) is 36.8 Å². The van der Waals surface area contributed by atoms with E-state index in [-0.39, 0.29) is 5.97 Å². The molecule has 1 aromatic carbocycles.